The molecule has 0 spiro atoms. The van der Waals surface area contributed by atoms with Crippen LogP contribution in [0.5, 0.6) is 0 Å². The number of benzene rings is 1. The zero-order valence-corrected chi connectivity index (χ0v) is 17.5. The van der Waals surface area contributed by atoms with Crippen molar-refractivity contribution in [3.8, 4) is 0 Å². The lowest BCUT2D eigenvalue weighted by molar-refractivity contribution is 0.0551. The predicted octanol–water partition coefficient (Wildman–Crippen LogP) is 6.13. The molecule has 1 aromatic rings. The smallest absolute Gasteiger partial charge is 0.184 e. The highest BCUT2D eigenvalue weighted by molar-refractivity contribution is 6.70. The quantitative estimate of drug-likeness (QED) is 0.565. The van der Waals surface area contributed by atoms with E-state index >= 15 is 0 Å². The molecule has 0 fully saturated rings. The van der Waals surface area contributed by atoms with Crippen LogP contribution in [0.3, 0.4) is 0 Å². The largest absolute Gasteiger partial charge is 0.412 e. The van der Waals surface area contributed by atoms with E-state index in [2.05, 4.69) is 39.3 Å². The van der Waals surface area contributed by atoms with Gasteiger partial charge in [-0.3, -0.25) is 0 Å². The molecule has 0 aliphatic heterocycles. The molecule has 0 N–H and O–H groups in total. The lowest BCUT2D eigenvalue weighted by Crippen LogP contribution is -2.39. The van der Waals surface area contributed by atoms with Crippen LogP contribution < -0.4 is 0 Å². The summed E-state index contributed by atoms with van der Waals surface area (Å²) in [4.78, 5) is 0. The molecule has 0 radical (unpaired) electrons. The summed E-state index contributed by atoms with van der Waals surface area (Å²) in [5.41, 5.74) is 0.842. The van der Waals surface area contributed by atoms with Gasteiger partial charge in [0.05, 0.1) is 12.2 Å². The number of halogens is 2. The molecule has 0 saturated carbocycles. The van der Waals surface area contributed by atoms with Crippen molar-refractivity contribution in [3.63, 3.8) is 0 Å². The molecule has 6 heteroatoms. The second kappa shape index (κ2) is 7.15. The van der Waals surface area contributed by atoms with Crippen LogP contribution in [0.1, 0.15) is 18.6 Å². The Morgan fingerprint density at radius 2 is 1.29 bits per heavy atom. The molecule has 2 atom stereocenters. The van der Waals surface area contributed by atoms with Gasteiger partial charge in [-0.1, -0.05) is 29.3 Å². The first-order valence-electron chi connectivity index (χ1n) is 7.20. The van der Waals surface area contributed by atoms with Crippen molar-refractivity contribution in [2.24, 2.45) is 0 Å². The van der Waals surface area contributed by atoms with Crippen molar-refractivity contribution in [2.45, 2.75) is 58.4 Å². The van der Waals surface area contributed by atoms with Crippen molar-refractivity contribution in [2.75, 3.05) is 0 Å². The number of hydrogen-bond acceptors (Lipinski definition) is 2. The summed E-state index contributed by atoms with van der Waals surface area (Å²) >= 11 is 12.8. The van der Waals surface area contributed by atoms with Crippen LogP contribution in [-0.4, -0.2) is 22.7 Å². The molecular formula is C15H26Cl2O2Si2. The molecular weight excluding hydrogens is 339 g/mol. The van der Waals surface area contributed by atoms with E-state index in [1.807, 2.05) is 25.1 Å². The average Bonchev–Trinajstić information content (AvgIpc) is 2.23. The Balaban J connectivity index is 3.19. The summed E-state index contributed by atoms with van der Waals surface area (Å²) in [6.45, 7) is 15.0. The van der Waals surface area contributed by atoms with E-state index in [4.69, 9.17) is 32.1 Å². The van der Waals surface area contributed by atoms with E-state index in [0.29, 0.717) is 10.0 Å². The minimum absolute atomic E-state index is 0.0826. The Morgan fingerprint density at radius 3 is 1.67 bits per heavy atom. The first-order chi connectivity index (χ1) is 9.41. The topological polar surface area (TPSA) is 18.5 Å². The molecule has 0 aliphatic carbocycles. The molecule has 0 unspecified atom stereocenters. The van der Waals surface area contributed by atoms with E-state index < -0.39 is 16.6 Å². The van der Waals surface area contributed by atoms with Crippen LogP contribution in [0.4, 0.5) is 0 Å². The highest BCUT2D eigenvalue weighted by atomic mass is 35.5. The van der Waals surface area contributed by atoms with Crippen LogP contribution in [0.25, 0.3) is 0 Å². The maximum absolute atomic E-state index is 6.38. The third-order valence-corrected chi connectivity index (χ3v) is 5.43. The van der Waals surface area contributed by atoms with Gasteiger partial charge in [0.2, 0.25) is 0 Å². The Hall–Kier alpha value is 0.154. The van der Waals surface area contributed by atoms with E-state index in [-0.39, 0.29) is 12.2 Å². The van der Waals surface area contributed by atoms with Crippen molar-refractivity contribution in [1.29, 1.82) is 0 Å². The van der Waals surface area contributed by atoms with Gasteiger partial charge in [0.1, 0.15) is 0 Å². The third-order valence-electron chi connectivity index (χ3n) is 2.73. The van der Waals surface area contributed by atoms with E-state index in [1.54, 1.807) is 0 Å². The third kappa shape index (κ3) is 6.42. The second-order valence-corrected chi connectivity index (χ2v) is 17.0. The van der Waals surface area contributed by atoms with Gasteiger partial charge in [-0.15, -0.1) is 0 Å². The average molecular weight is 365 g/mol. The fraction of sp³-hybridized carbons (Fsp3) is 0.600. The summed E-state index contributed by atoms with van der Waals surface area (Å²) in [5.74, 6) is 0. The second-order valence-electron chi connectivity index (χ2n) is 7.22. The normalized spacial score (nSPS) is 15.9. The van der Waals surface area contributed by atoms with E-state index in [0.717, 1.165) is 5.56 Å². The summed E-state index contributed by atoms with van der Waals surface area (Å²) in [6, 6.07) is 5.55. The molecule has 0 aliphatic rings. The van der Waals surface area contributed by atoms with Crippen molar-refractivity contribution in [1.82, 2.24) is 0 Å². The predicted molar refractivity (Wildman–Crippen MR) is 97.5 cm³/mol. The molecule has 0 saturated heterocycles. The SMILES string of the molecule is C[C@H](O[Si](C)(C)C)[C@@H](O[Si](C)(C)C)c1c(Cl)cccc1Cl. The lowest BCUT2D eigenvalue weighted by atomic mass is 10.1. The lowest BCUT2D eigenvalue weighted by Gasteiger charge is -2.35. The van der Waals surface area contributed by atoms with Crippen LogP contribution >= 0.6 is 23.2 Å². The monoisotopic (exact) mass is 364 g/mol. The van der Waals surface area contributed by atoms with Gasteiger partial charge in [0.15, 0.2) is 16.6 Å². The van der Waals surface area contributed by atoms with Crippen molar-refractivity contribution >= 4 is 39.8 Å². The summed E-state index contributed by atoms with van der Waals surface area (Å²) in [7, 11) is -3.45. The van der Waals surface area contributed by atoms with Crippen molar-refractivity contribution in [3.05, 3.63) is 33.8 Å². The number of hydrogen-bond donors (Lipinski definition) is 0. The summed E-state index contributed by atoms with van der Waals surface area (Å²) < 4.78 is 12.6. The first-order valence-corrected chi connectivity index (χ1v) is 14.8. The zero-order chi connectivity index (χ0) is 16.4. The van der Waals surface area contributed by atoms with Gasteiger partial charge in [-0.25, -0.2) is 0 Å². The van der Waals surface area contributed by atoms with Crippen molar-refractivity contribution < 1.29 is 8.85 Å². The number of rotatable bonds is 6. The van der Waals surface area contributed by atoms with Gasteiger partial charge in [0.25, 0.3) is 0 Å². The highest BCUT2D eigenvalue weighted by Gasteiger charge is 2.33. The molecule has 21 heavy (non-hydrogen) atoms. The Morgan fingerprint density at radius 1 is 0.857 bits per heavy atom. The molecule has 0 aromatic heterocycles. The minimum Gasteiger partial charge on any atom is -0.412 e. The molecule has 2 nitrogen and oxygen atoms in total. The van der Waals surface area contributed by atoms with Crippen LogP contribution in [0.15, 0.2) is 18.2 Å². The fourth-order valence-corrected chi connectivity index (χ4v) is 5.10. The Bertz CT molecular complexity index is 461. The van der Waals surface area contributed by atoms with Crippen LogP contribution in [0.2, 0.25) is 49.3 Å². The summed E-state index contributed by atoms with van der Waals surface area (Å²) in [5, 5.41) is 1.27. The molecule has 0 heterocycles. The molecule has 0 bridgehead atoms. The van der Waals surface area contributed by atoms with Gasteiger partial charge >= 0.3 is 0 Å². The molecule has 120 valence electrons. The van der Waals surface area contributed by atoms with E-state index in [9.17, 15) is 0 Å². The first kappa shape index (κ1) is 19.2. The van der Waals surface area contributed by atoms with Crippen LogP contribution in [-0.2, 0) is 8.85 Å². The molecule has 1 aromatic carbocycles. The molecule has 1 rings (SSSR count). The van der Waals surface area contributed by atoms with Crippen LogP contribution in [0, 0.1) is 0 Å². The summed E-state index contributed by atoms with van der Waals surface area (Å²) in [6.07, 6.45) is -0.314. The standard InChI is InChI=1S/C15H26Cl2O2Si2/c1-11(18-20(2,3)4)15(19-21(5,6)7)14-12(16)9-8-10-13(14)17/h8-11,15H,1-7H3/t11-,15+/m0/s1. The van der Waals surface area contributed by atoms with Gasteiger partial charge < -0.3 is 8.85 Å². The minimum atomic E-state index is -1.77. The van der Waals surface area contributed by atoms with E-state index in [1.165, 1.54) is 0 Å². The Labute approximate surface area is 141 Å². The fourth-order valence-electron chi connectivity index (χ4n) is 2.17. The van der Waals surface area contributed by atoms with Gasteiger partial charge in [-0.05, 0) is 58.3 Å². The maximum atomic E-state index is 6.38. The molecule has 0 amide bonds. The zero-order valence-electron chi connectivity index (χ0n) is 14.0. The Kier molecular flexibility index (Phi) is 6.54. The van der Waals surface area contributed by atoms with Gasteiger partial charge in [0, 0.05) is 15.6 Å². The highest BCUT2D eigenvalue weighted by Crippen LogP contribution is 2.37. The van der Waals surface area contributed by atoms with Gasteiger partial charge in [-0.2, -0.15) is 0 Å². The maximum Gasteiger partial charge on any atom is 0.184 e.